The molecule has 1 aromatic rings. The summed E-state index contributed by atoms with van der Waals surface area (Å²) < 4.78 is 23.2. The van der Waals surface area contributed by atoms with E-state index < -0.39 is 9.84 Å². The molecule has 1 aliphatic rings. The molecule has 2 rings (SSSR count). The molecule has 1 unspecified atom stereocenters. The maximum atomic E-state index is 11.9. The first kappa shape index (κ1) is 21.2. The summed E-state index contributed by atoms with van der Waals surface area (Å²) in [5.41, 5.74) is 1.72. The lowest BCUT2D eigenvalue weighted by atomic mass is 10.1. The van der Waals surface area contributed by atoms with Crippen LogP contribution in [0, 0.1) is 5.92 Å². The monoisotopic (exact) mass is 394 g/mol. The van der Waals surface area contributed by atoms with Gasteiger partial charge in [0.2, 0.25) is 5.91 Å². The minimum atomic E-state index is -2.93. The number of sulfone groups is 1. The zero-order valence-corrected chi connectivity index (χ0v) is 17.1. The number of amides is 1. The van der Waals surface area contributed by atoms with Gasteiger partial charge in [-0.05, 0) is 37.0 Å². The molecule has 1 heterocycles. The second kappa shape index (κ2) is 9.73. The Bertz CT molecular complexity index is 775. The topological polar surface area (TPSA) is 99.7 Å². The van der Waals surface area contributed by atoms with E-state index in [4.69, 9.17) is 0 Å². The lowest BCUT2D eigenvalue weighted by molar-refractivity contribution is -0.116. The van der Waals surface area contributed by atoms with Gasteiger partial charge in [0.15, 0.2) is 15.8 Å². The van der Waals surface area contributed by atoms with Gasteiger partial charge in [-0.2, -0.15) is 0 Å². The van der Waals surface area contributed by atoms with Crippen molar-refractivity contribution in [3.63, 3.8) is 0 Å². The fraction of sp³-hybridized carbons (Fsp3) is 0.579. The third-order valence-electron chi connectivity index (χ3n) is 4.14. The normalized spacial score (nSPS) is 19.1. The lowest BCUT2D eigenvalue weighted by Gasteiger charge is -2.16. The summed E-state index contributed by atoms with van der Waals surface area (Å²) in [6.07, 6.45) is 1.09. The van der Waals surface area contributed by atoms with E-state index in [0.29, 0.717) is 37.8 Å². The molecule has 0 saturated carbocycles. The van der Waals surface area contributed by atoms with Crippen LogP contribution in [0.3, 0.4) is 0 Å². The number of benzene rings is 1. The van der Waals surface area contributed by atoms with Crippen molar-refractivity contribution in [2.24, 2.45) is 10.9 Å². The van der Waals surface area contributed by atoms with E-state index >= 15 is 0 Å². The van der Waals surface area contributed by atoms with Gasteiger partial charge in [-0.25, -0.2) is 13.4 Å². The van der Waals surface area contributed by atoms with Crippen LogP contribution in [0.5, 0.6) is 0 Å². The Kier molecular flexibility index (Phi) is 7.65. The summed E-state index contributed by atoms with van der Waals surface area (Å²) in [6.45, 7) is 7.11. The molecule has 0 spiro atoms. The minimum Gasteiger partial charge on any atom is -0.357 e. The van der Waals surface area contributed by atoms with Crippen molar-refractivity contribution in [2.75, 3.05) is 23.4 Å². The fourth-order valence-corrected chi connectivity index (χ4v) is 4.60. The molecule has 1 saturated heterocycles. The molecule has 3 N–H and O–H groups in total. The molecule has 0 bridgehead atoms. The first-order chi connectivity index (χ1) is 12.8. The highest BCUT2D eigenvalue weighted by Gasteiger charge is 2.28. The second-order valence-corrected chi connectivity index (χ2v) is 9.51. The summed E-state index contributed by atoms with van der Waals surface area (Å²) in [4.78, 5) is 16.5. The predicted molar refractivity (Wildman–Crippen MR) is 110 cm³/mol. The molecule has 1 atom stereocenters. The van der Waals surface area contributed by atoms with Gasteiger partial charge in [-0.1, -0.05) is 26.0 Å². The zero-order chi connectivity index (χ0) is 19.9. The van der Waals surface area contributed by atoms with Gasteiger partial charge in [-0.15, -0.1) is 0 Å². The first-order valence-electron chi connectivity index (χ1n) is 9.41. The number of anilines is 1. The maximum absolute atomic E-state index is 11.9. The van der Waals surface area contributed by atoms with Gasteiger partial charge in [-0.3, -0.25) is 4.79 Å². The summed E-state index contributed by atoms with van der Waals surface area (Å²) in [7, 11) is -2.93. The Morgan fingerprint density at radius 1 is 1.33 bits per heavy atom. The van der Waals surface area contributed by atoms with Crippen LogP contribution in [0.1, 0.15) is 39.2 Å². The number of aliphatic imine (C=N–C) groups is 1. The van der Waals surface area contributed by atoms with Crippen LogP contribution in [0.15, 0.2) is 29.3 Å². The van der Waals surface area contributed by atoms with Crippen LogP contribution in [0.4, 0.5) is 5.69 Å². The van der Waals surface area contributed by atoms with Crippen molar-refractivity contribution in [3.05, 3.63) is 29.8 Å². The molecule has 0 radical (unpaired) electrons. The van der Waals surface area contributed by atoms with Crippen LogP contribution in [0.25, 0.3) is 0 Å². The van der Waals surface area contributed by atoms with E-state index in [-0.39, 0.29) is 23.5 Å². The highest BCUT2D eigenvalue weighted by Crippen LogP contribution is 2.14. The van der Waals surface area contributed by atoms with E-state index in [9.17, 15) is 13.2 Å². The fourth-order valence-electron chi connectivity index (χ4n) is 2.92. The molecule has 150 valence electrons. The van der Waals surface area contributed by atoms with Crippen LogP contribution in [-0.4, -0.2) is 44.4 Å². The molecule has 1 aliphatic heterocycles. The molecule has 1 aromatic carbocycles. The van der Waals surface area contributed by atoms with Crippen LogP contribution in [0.2, 0.25) is 0 Å². The van der Waals surface area contributed by atoms with Gasteiger partial charge >= 0.3 is 0 Å². The molecule has 0 aromatic heterocycles. The maximum Gasteiger partial charge on any atom is 0.224 e. The Balaban J connectivity index is 1.98. The highest BCUT2D eigenvalue weighted by atomic mass is 32.2. The van der Waals surface area contributed by atoms with Crippen molar-refractivity contribution in [1.82, 2.24) is 10.6 Å². The van der Waals surface area contributed by atoms with Crippen molar-refractivity contribution < 1.29 is 13.2 Å². The van der Waals surface area contributed by atoms with Crippen LogP contribution < -0.4 is 16.0 Å². The number of nitrogens with one attached hydrogen (secondary N) is 3. The van der Waals surface area contributed by atoms with Crippen molar-refractivity contribution in [2.45, 2.75) is 46.2 Å². The average molecular weight is 395 g/mol. The van der Waals surface area contributed by atoms with E-state index in [1.54, 1.807) is 0 Å². The molecule has 1 fully saturated rings. The number of carbonyl (C=O) groups is 1. The Labute approximate surface area is 162 Å². The minimum absolute atomic E-state index is 0.00287. The quantitative estimate of drug-likeness (QED) is 0.485. The largest absolute Gasteiger partial charge is 0.357 e. The number of rotatable bonds is 7. The van der Waals surface area contributed by atoms with Gasteiger partial charge in [0.1, 0.15) is 0 Å². The first-order valence-corrected chi connectivity index (χ1v) is 11.2. The Morgan fingerprint density at radius 2 is 2.11 bits per heavy atom. The standard InChI is InChI=1S/C19H30N4O3S/c1-4-20-19(23-17-8-9-27(25,26)13-17)21-12-15-6-5-7-16(11-15)22-18(24)10-14(2)3/h5-7,11,14,17H,4,8-10,12-13H2,1-3H3,(H,22,24)(H2,20,21,23). The smallest absolute Gasteiger partial charge is 0.224 e. The van der Waals surface area contributed by atoms with Crippen LogP contribution in [-0.2, 0) is 21.2 Å². The third kappa shape index (κ3) is 7.58. The lowest BCUT2D eigenvalue weighted by Crippen LogP contribution is -2.44. The third-order valence-corrected chi connectivity index (χ3v) is 5.91. The van der Waals surface area contributed by atoms with Gasteiger partial charge < -0.3 is 16.0 Å². The second-order valence-electron chi connectivity index (χ2n) is 7.29. The molecule has 1 amide bonds. The van der Waals surface area contributed by atoms with E-state index in [1.165, 1.54) is 0 Å². The van der Waals surface area contributed by atoms with Crippen molar-refractivity contribution in [3.8, 4) is 0 Å². The van der Waals surface area contributed by atoms with E-state index in [0.717, 1.165) is 11.3 Å². The van der Waals surface area contributed by atoms with Gasteiger partial charge in [0.05, 0.1) is 18.1 Å². The van der Waals surface area contributed by atoms with Gasteiger partial charge in [0, 0.05) is 24.7 Å². The van der Waals surface area contributed by atoms with Crippen molar-refractivity contribution in [1.29, 1.82) is 0 Å². The summed E-state index contributed by atoms with van der Waals surface area (Å²) in [5.74, 6) is 1.29. The number of guanidine groups is 1. The Hall–Kier alpha value is -2.09. The molecular weight excluding hydrogens is 364 g/mol. The summed E-state index contributed by atoms with van der Waals surface area (Å²) >= 11 is 0. The summed E-state index contributed by atoms with van der Waals surface area (Å²) in [6, 6.07) is 7.50. The molecule has 8 heteroatoms. The molecule has 27 heavy (non-hydrogen) atoms. The number of hydrogen-bond donors (Lipinski definition) is 3. The number of nitrogens with zero attached hydrogens (tertiary/aromatic N) is 1. The van der Waals surface area contributed by atoms with Crippen LogP contribution >= 0.6 is 0 Å². The molecular formula is C19H30N4O3S. The highest BCUT2D eigenvalue weighted by molar-refractivity contribution is 7.91. The zero-order valence-electron chi connectivity index (χ0n) is 16.3. The summed E-state index contributed by atoms with van der Waals surface area (Å²) in [5, 5.41) is 9.26. The number of hydrogen-bond acceptors (Lipinski definition) is 4. The van der Waals surface area contributed by atoms with E-state index in [2.05, 4.69) is 20.9 Å². The van der Waals surface area contributed by atoms with Crippen molar-refractivity contribution >= 4 is 27.4 Å². The SMILES string of the molecule is CCNC(=NCc1cccc(NC(=O)CC(C)C)c1)NC1CCS(=O)(=O)C1. The number of carbonyl (C=O) groups excluding carboxylic acids is 1. The average Bonchev–Trinajstić information content (AvgIpc) is 2.91. The molecule has 0 aliphatic carbocycles. The molecule has 7 nitrogen and oxygen atoms in total. The predicted octanol–water partition coefficient (Wildman–Crippen LogP) is 1.91. The van der Waals surface area contributed by atoms with E-state index in [1.807, 2.05) is 45.0 Å². The van der Waals surface area contributed by atoms with Gasteiger partial charge in [0.25, 0.3) is 0 Å². The Morgan fingerprint density at radius 3 is 2.74 bits per heavy atom.